The maximum absolute atomic E-state index is 9.12. The van der Waals surface area contributed by atoms with Crippen molar-refractivity contribution in [1.29, 1.82) is 0 Å². The lowest BCUT2D eigenvalue weighted by atomic mass is 10.8. The number of carboxylic acids is 1. The molecule has 6 heteroatoms. The molecule has 0 rings (SSSR count). The van der Waals surface area contributed by atoms with Gasteiger partial charge in [-0.25, -0.2) is 4.79 Å². The standard InChI is InChI=1S/C2H4O3.H3N.2H2O/c3-1-2(4)5;;;/h3H,1H2,(H,4,5);1H3;2*1H2. The van der Waals surface area contributed by atoms with Crippen LogP contribution in [-0.4, -0.2) is 33.7 Å². The van der Waals surface area contributed by atoms with Gasteiger partial charge in [-0.1, -0.05) is 0 Å². The molecule has 0 heterocycles. The number of hydrogen-bond acceptors (Lipinski definition) is 3. The van der Waals surface area contributed by atoms with Crippen molar-refractivity contribution < 1.29 is 26.0 Å². The lowest BCUT2D eigenvalue weighted by Crippen LogP contribution is -1.98. The van der Waals surface area contributed by atoms with Crippen molar-refractivity contribution >= 4 is 5.97 Å². The molecule has 0 aliphatic heterocycles. The van der Waals surface area contributed by atoms with Crippen molar-refractivity contribution in [1.82, 2.24) is 6.15 Å². The SMILES string of the molecule is N.O.O.O=C(O)CO. The van der Waals surface area contributed by atoms with Crippen LogP contribution in [0, 0.1) is 0 Å². The molecule has 0 bridgehead atoms. The van der Waals surface area contributed by atoms with Gasteiger partial charge in [-0.15, -0.1) is 0 Å². The van der Waals surface area contributed by atoms with Gasteiger partial charge in [0.05, 0.1) is 0 Å². The largest absolute Gasteiger partial charge is 0.480 e. The van der Waals surface area contributed by atoms with E-state index in [1.54, 1.807) is 0 Å². The van der Waals surface area contributed by atoms with E-state index in [2.05, 4.69) is 0 Å². The Kier molecular flexibility index (Phi) is 53.9. The number of carboxylic acid groups (broad SMARTS) is 1. The van der Waals surface area contributed by atoms with Crippen molar-refractivity contribution in [2.24, 2.45) is 0 Å². The monoisotopic (exact) mass is 129 g/mol. The lowest BCUT2D eigenvalue weighted by Gasteiger charge is -1.72. The number of rotatable bonds is 1. The van der Waals surface area contributed by atoms with E-state index >= 15 is 0 Å². The van der Waals surface area contributed by atoms with Gasteiger partial charge in [0.25, 0.3) is 0 Å². The van der Waals surface area contributed by atoms with E-state index < -0.39 is 12.6 Å². The molecule has 8 heavy (non-hydrogen) atoms. The Bertz CT molecular complexity index is 45.7. The maximum Gasteiger partial charge on any atom is 0.329 e. The Morgan fingerprint density at radius 3 is 1.50 bits per heavy atom. The zero-order chi connectivity index (χ0) is 4.28. The van der Waals surface area contributed by atoms with Gasteiger partial charge in [-0.2, -0.15) is 0 Å². The summed E-state index contributed by atoms with van der Waals surface area (Å²) in [5, 5.41) is 15.0. The fourth-order valence-electron chi connectivity index (χ4n) is 0. The van der Waals surface area contributed by atoms with Gasteiger partial charge in [0, 0.05) is 0 Å². The predicted octanol–water partition coefficient (Wildman–Crippen LogP) is -2.42. The summed E-state index contributed by atoms with van der Waals surface area (Å²) in [5.41, 5.74) is 0. The summed E-state index contributed by atoms with van der Waals surface area (Å²) >= 11 is 0. The van der Waals surface area contributed by atoms with E-state index in [9.17, 15) is 0 Å². The van der Waals surface area contributed by atoms with Gasteiger partial charge in [0.15, 0.2) is 0 Å². The van der Waals surface area contributed by atoms with Crippen LogP contribution in [0.4, 0.5) is 0 Å². The summed E-state index contributed by atoms with van der Waals surface area (Å²) in [6.45, 7) is -0.778. The first-order chi connectivity index (χ1) is 2.27. The van der Waals surface area contributed by atoms with Crippen LogP contribution in [0.2, 0.25) is 0 Å². The van der Waals surface area contributed by atoms with Gasteiger partial charge < -0.3 is 27.3 Å². The molecule has 9 N–H and O–H groups in total. The Morgan fingerprint density at radius 1 is 1.38 bits per heavy atom. The van der Waals surface area contributed by atoms with E-state index in [1.807, 2.05) is 0 Å². The normalized spacial score (nSPS) is 4.62. The third kappa shape index (κ3) is 57.5. The first-order valence-corrected chi connectivity index (χ1v) is 1.10. The summed E-state index contributed by atoms with van der Waals surface area (Å²) < 4.78 is 0. The summed E-state index contributed by atoms with van der Waals surface area (Å²) in [6.07, 6.45) is 0. The van der Waals surface area contributed by atoms with Gasteiger partial charge in [0.1, 0.15) is 6.61 Å². The van der Waals surface area contributed by atoms with Crippen LogP contribution in [0.1, 0.15) is 0 Å². The van der Waals surface area contributed by atoms with E-state index in [0.29, 0.717) is 0 Å². The third-order valence-corrected chi connectivity index (χ3v) is 0.135. The zero-order valence-corrected chi connectivity index (χ0v) is 4.22. The highest BCUT2D eigenvalue weighted by Gasteiger charge is 1.82. The van der Waals surface area contributed by atoms with Crippen LogP contribution in [0.5, 0.6) is 0 Å². The second-order valence-electron chi connectivity index (χ2n) is 0.552. The van der Waals surface area contributed by atoms with Crippen molar-refractivity contribution in [2.75, 3.05) is 6.61 Å². The molecule has 0 spiro atoms. The minimum atomic E-state index is -1.19. The molecule has 0 aliphatic rings. The molecule has 0 atom stereocenters. The molecule has 0 saturated heterocycles. The van der Waals surface area contributed by atoms with Crippen LogP contribution >= 0.6 is 0 Å². The molecule has 0 fully saturated rings. The fraction of sp³-hybridized carbons (Fsp3) is 0.500. The first kappa shape index (κ1) is 26.6. The van der Waals surface area contributed by atoms with Gasteiger partial charge in [0.2, 0.25) is 0 Å². The molecule has 0 radical (unpaired) electrons. The Labute approximate surface area is 46.0 Å². The maximum atomic E-state index is 9.12. The Morgan fingerprint density at radius 2 is 1.50 bits per heavy atom. The minimum Gasteiger partial charge on any atom is -0.480 e. The Hall–Kier alpha value is -0.690. The first-order valence-electron chi connectivity index (χ1n) is 1.10. The second-order valence-corrected chi connectivity index (χ2v) is 0.552. The summed E-state index contributed by atoms with van der Waals surface area (Å²) in [4.78, 5) is 9.12. The van der Waals surface area contributed by atoms with Crippen LogP contribution in [-0.2, 0) is 4.79 Å². The van der Waals surface area contributed by atoms with Crippen molar-refractivity contribution in [3.8, 4) is 0 Å². The number of hydrogen-bond donors (Lipinski definition) is 3. The average molecular weight is 129 g/mol. The predicted molar refractivity (Wildman–Crippen MR) is 27.0 cm³/mol. The molecule has 0 aliphatic carbocycles. The van der Waals surface area contributed by atoms with Crippen LogP contribution in [0.25, 0.3) is 0 Å². The highest BCUT2D eigenvalue weighted by molar-refractivity contribution is 5.67. The van der Waals surface area contributed by atoms with Crippen LogP contribution < -0.4 is 6.15 Å². The molecule has 0 aromatic rings. The summed E-state index contributed by atoms with van der Waals surface area (Å²) in [6, 6.07) is 0. The molecular formula is C2H11NO5. The average Bonchev–Trinajstić information content (AvgIpc) is 1.38. The van der Waals surface area contributed by atoms with E-state index in [4.69, 9.17) is 15.0 Å². The number of aliphatic carboxylic acids is 1. The van der Waals surface area contributed by atoms with Gasteiger partial charge in [-0.3, -0.25) is 0 Å². The minimum absolute atomic E-state index is 0. The molecule has 0 amide bonds. The van der Waals surface area contributed by atoms with E-state index in [-0.39, 0.29) is 17.1 Å². The molecule has 0 unspecified atom stereocenters. The molecule has 54 valence electrons. The highest BCUT2D eigenvalue weighted by atomic mass is 16.4. The molecule has 6 nitrogen and oxygen atoms in total. The lowest BCUT2D eigenvalue weighted by molar-refractivity contribution is -0.140. The van der Waals surface area contributed by atoms with Crippen LogP contribution in [0.3, 0.4) is 0 Å². The topological polar surface area (TPSA) is 156 Å². The molecule has 0 saturated carbocycles. The van der Waals surface area contributed by atoms with Crippen molar-refractivity contribution in [3.05, 3.63) is 0 Å². The molecular weight excluding hydrogens is 118 g/mol. The number of aliphatic hydroxyl groups is 1. The smallest absolute Gasteiger partial charge is 0.329 e. The zero-order valence-electron chi connectivity index (χ0n) is 4.22. The fourth-order valence-corrected chi connectivity index (χ4v) is 0. The van der Waals surface area contributed by atoms with E-state index in [0.717, 1.165) is 0 Å². The number of carbonyl (C=O) groups is 1. The third-order valence-electron chi connectivity index (χ3n) is 0.135. The second kappa shape index (κ2) is 16.2. The summed E-state index contributed by atoms with van der Waals surface area (Å²) in [7, 11) is 0. The Balaban J connectivity index is -0.0000000267. The molecule has 0 aromatic heterocycles. The van der Waals surface area contributed by atoms with Crippen molar-refractivity contribution in [2.45, 2.75) is 0 Å². The molecule has 0 aromatic carbocycles. The van der Waals surface area contributed by atoms with Gasteiger partial charge in [-0.05, 0) is 0 Å². The van der Waals surface area contributed by atoms with Crippen molar-refractivity contribution in [3.63, 3.8) is 0 Å². The quantitative estimate of drug-likeness (QED) is 0.360. The van der Waals surface area contributed by atoms with E-state index in [1.165, 1.54) is 0 Å². The summed E-state index contributed by atoms with van der Waals surface area (Å²) in [5.74, 6) is -1.19. The number of aliphatic hydroxyl groups excluding tert-OH is 1. The van der Waals surface area contributed by atoms with Crippen LogP contribution in [0.15, 0.2) is 0 Å². The highest BCUT2D eigenvalue weighted by Crippen LogP contribution is 1.48. The van der Waals surface area contributed by atoms with Gasteiger partial charge >= 0.3 is 5.97 Å².